The fraction of sp³-hybridized carbons (Fsp3) is 0. The first-order valence-electron chi connectivity index (χ1n) is 5.62. The lowest BCUT2D eigenvalue weighted by Gasteiger charge is -2.25. The predicted octanol–water partition coefficient (Wildman–Crippen LogP) is 1.45. The van der Waals surface area contributed by atoms with E-state index >= 15 is 0 Å². The number of carbonyl (C=O) groups is 3. The highest BCUT2D eigenvalue weighted by Crippen LogP contribution is 2.24. The Bertz CT molecular complexity index is 695. The highest BCUT2D eigenvalue weighted by molar-refractivity contribution is 6.55. The number of benzene rings is 1. The van der Waals surface area contributed by atoms with E-state index in [0.717, 1.165) is 4.90 Å². The van der Waals surface area contributed by atoms with Crippen molar-refractivity contribution in [3.05, 3.63) is 59.9 Å². The lowest BCUT2D eigenvalue weighted by molar-refractivity contribution is -0.114. The molecule has 3 rings (SSSR count). The molecule has 0 aliphatic carbocycles. The number of anilines is 1. The van der Waals surface area contributed by atoms with Gasteiger partial charge in [0.25, 0.3) is 11.7 Å². The number of aromatic nitrogens is 1. The van der Waals surface area contributed by atoms with Crippen LogP contribution in [0.25, 0.3) is 0 Å². The molecule has 2 heterocycles. The van der Waals surface area contributed by atoms with E-state index in [0.29, 0.717) is 5.69 Å². The Kier molecular flexibility index (Phi) is 2.45. The van der Waals surface area contributed by atoms with Crippen molar-refractivity contribution in [3.63, 3.8) is 0 Å². The van der Waals surface area contributed by atoms with Gasteiger partial charge in [0.05, 0.1) is 17.4 Å². The highest BCUT2D eigenvalue weighted by atomic mass is 16.2. The number of nitrogens with zero attached hydrogens (tertiary/aromatic N) is 2. The molecule has 2 amide bonds. The molecule has 0 radical (unpaired) electrons. The van der Waals surface area contributed by atoms with Gasteiger partial charge in [0.15, 0.2) is 0 Å². The molecule has 0 fully saturated rings. The normalized spacial score (nSPS) is 14.5. The van der Waals surface area contributed by atoms with Crippen molar-refractivity contribution in [2.24, 2.45) is 0 Å². The number of fused-ring (bicyclic) bond motifs is 1. The molecular formula is C14H8N2O3. The summed E-state index contributed by atoms with van der Waals surface area (Å²) < 4.78 is 0. The van der Waals surface area contributed by atoms with Crippen molar-refractivity contribution in [1.29, 1.82) is 0 Å². The van der Waals surface area contributed by atoms with Crippen LogP contribution in [0.15, 0.2) is 48.8 Å². The molecule has 0 spiro atoms. The van der Waals surface area contributed by atoms with Gasteiger partial charge >= 0.3 is 5.91 Å². The zero-order valence-corrected chi connectivity index (χ0v) is 9.74. The molecule has 2 aromatic rings. The van der Waals surface area contributed by atoms with Crippen LogP contribution in [-0.4, -0.2) is 22.6 Å². The molecule has 0 saturated carbocycles. The van der Waals surface area contributed by atoms with Crippen LogP contribution in [0.2, 0.25) is 0 Å². The van der Waals surface area contributed by atoms with Gasteiger partial charge in [0.2, 0.25) is 0 Å². The molecule has 0 unspecified atom stereocenters. The van der Waals surface area contributed by atoms with Gasteiger partial charge in [-0.2, -0.15) is 0 Å². The molecule has 1 aliphatic heterocycles. The number of pyridine rings is 1. The van der Waals surface area contributed by atoms with Crippen LogP contribution >= 0.6 is 0 Å². The fourth-order valence-corrected chi connectivity index (χ4v) is 2.02. The first-order chi connectivity index (χ1) is 9.20. The van der Waals surface area contributed by atoms with Gasteiger partial charge in [-0.3, -0.25) is 19.4 Å². The van der Waals surface area contributed by atoms with E-state index < -0.39 is 17.6 Å². The van der Waals surface area contributed by atoms with Crippen LogP contribution in [0.3, 0.4) is 0 Å². The maximum atomic E-state index is 12.3. The topological polar surface area (TPSA) is 67.3 Å². The summed E-state index contributed by atoms with van der Waals surface area (Å²) >= 11 is 0. The number of hydrogen-bond acceptors (Lipinski definition) is 4. The number of imide groups is 1. The van der Waals surface area contributed by atoms with Crippen molar-refractivity contribution in [3.8, 4) is 0 Å². The van der Waals surface area contributed by atoms with E-state index in [1.807, 2.05) is 0 Å². The maximum Gasteiger partial charge on any atom is 0.306 e. The molecule has 92 valence electrons. The standard InChI is InChI=1S/C14H8N2O3/c17-12-10-5-1-2-6-11(10)13(18)16(14(12)19)9-4-3-7-15-8-9/h1-8H. The predicted molar refractivity (Wildman–Crippen MR) is 66.8 cm³/mol. The lowest BCUT2D eigenvalue weighted by Crippen LogP contribution is -2.46. The molecule has 0 N–H and O–H groups in total. The van der Waals surface area contributed by atoms with Gasteiger partial charge in [-0.15, -0.1) is 0 Å². The van der Waals surface area contributed by atoms with Crippen molar-refractivity contribution < 1.29 is 14.4 Å². The molecule has 0 bridgehead atoms. The smallest absolute Gasteiger partial charge is 0.283 e. The van der Waals surface area contributed by atoms with Crippen LogP contribution in [0.5, 0.6) is 0 Å². The molecule has 1 aromatic heterocycles. The Hall–Kier alpha value is -2.82. The van der Waals surface area contributed by atoms with Crippen molar-refractivity contribution in [1.82, 2.24) is 4.98 Å². The van der Waals surface area contributed by atoms with E-state index in [2.05, 4.69) is 4.98 Å². The summed E-state index contributed by atoms with van der Waals surface area (Å²) in [6.45, 7) is 0. The number of rotatable bonds is 1. The SMILES string of the molecule is O=C1C(=O)N(c2cccnc2)C(=O)c2ccccc21. The largest absolute Gasteiger partial charge is 0.306 e. The van der Waals surface area contributed by atoms with Crippen molar-refractivity contribution >= 4 is 23.3 Å². The third-order valence-corrected chi connectivity index (χ3v) is 2.91. The van der Waals surface area contributed by atoms with Crippen LogP contribution in [0, 0.1) is 0 Å². The minimum absolute atomic E-state index is 0.151. The van der Waals surface area contributed by atoms with E-state index in [9.17, 15) is 14.4 Å². The Morgan fingerprint density at radius 3 is 2.26 bits per heavy atom. The maximum absolute atomic E-state index is 12.3. The Morgan fingerprint density at radius 1 is 0.842 bits per heavy atom. The van der Waals surface area contributed by atoms with Gasteiger partial charge < -0.3 is 0 Å². The van der Waals surface area contributed by atoms with Crippen LogP contribution < -0.4 is 4.90 Å². The second kappa shape index (κ2) is 4.13. The summed E-state index contributed by atoms with van der Waals surface area (Å²) in [5.41, 5.74) is 0.675. The zero-order valence-electron chi connectivity index (χ0n) is 9.74. The Morgan fingerprint density at radius 2 is 1.58 bits per heavy atom. The number of ketones is 1. The fourth-order valence-electron chi connectivity index (χ4n) is 2.02. The third-order valence-electron chi connectivity index (χ3n) is 2.91. The van der Waals surface area contributed by atoms with Crippen molar-refractivity contribution in [2.75, 3.05) is 4.90 Å². The minimum Gasteiger partial charge on any atom is -0.283 e. The zero-order chi connectivity index (χ0) is 13.4. The number of carbonyl (C=O) groups excluding carboxylic acids is 3. The number of hydrogen-bond donors (Lipinski definition) is 0. The van der Waals surface area contributed by atoms with E-state index in [1.165, 1.54) is 24.5 Å². The first-order valence-corrected chi connectivity index (χ1v) is 5.62. The Labute approximate surface area is 108 Å². The van der Waals surface area contributed by atoms with Gasteiger partial charge in [-0.1, -0.05) is 18.2 Å². The first kappa shape index (κ1) is 11.3. The second-order valence-electron chi connectivity index (χ2n) is 4.03. The average Bonchev–Trinajstić information content (AvgIpc) is 2.46. The quantitative estimate of drug-likeness (QED) is 0.569. The summed E-state index contributed by atoms with van der Waals surface area (Å²) in [4.78, 5) is 41.0. The molecule has 1 aliphatic rings. The van der Waals surface area contributed by atoms with E-state index in [1.54, 1.807) is 24.3 Å². The second-order valence-corrected chi connectivity index (χ2v) is 4.03. The summed E-state index contributed by atoms with van der Waals surface area (Å²) in [7, 11) is 0. The van der Waals surface area contributed by atoms with Gasteiger partial charge in [-0.25, -0.2) is 4.90 Å². The summed E-state index contributed by atoms with van der Waals surface area (Å²) in [5.74, 6) is -2.04. The number of amides is 2. The molecule has 19 heavy (non-hydrogen) atoms. The number of Topliss-reactive ketones (excluding diaryl/α,β-unsaturated/α-hetero) is 1. The van der Waals surface area contributed by atoms with Crippen LogP contribution in [0.4, 0.5) is 5.69 Å². The Balaban J connectivity index is 2.18. The van der Waals surface area contributed by atoms with E-state index in [4.69, 9.17) is 0 Å². The third kappa shape index (κ3) is 1.63. The van der Waals surface area contributed by atoms with Crippen LogP contribution in [-0.2, 0) is 4.79 Å². The molecular weight excluding hydrogens is 244 g/mol. The summed E-state index contributed by atoms with van der Waals surface area (Å²) in [6, 6.07) is 9.45. The average molecular weight is 252 g/mol. The molecule has 0 saturated heterocycles. The van der Waals surface area contributed by atoms with Gasteiger partial charge in [0.1, 0.15) is 0 Å². The lowest BCUT2D eigenvalue weighted by atomic mass is 9.97. The van der Waals surface area contributed by atoms with Gasteiger partial charge in [0, 0.05) is 11.8 Å². The van der Waals surface area contributed by atoms with Crippen LogP contribution in [0.1, 0.15) is 20.7 Å². The molecule has 5 nitrogen and oxygen atoms in total. The van der Waals surface area contributed by atoms with E-state index in [-0.39, 0.29) is 11.1 Å². The van der Waals surface area contributed by atoms with Gasteiger partial charge in [-0.05, 0) is 18.2 Å². The molecule has 5 heteroatoms. The summed E-state index contributed by atoms with van der Waals surface area (Å²) in [5, 5.41) is 0. The summed E-state index contributed by atoms with van der Waals surface area (Å²) in [6.07, 6.45) is 2.90. The highest BCUT2D eigenvalue weighted by Gasteiger charge is 2.38. The molecule has 0 atom stereocenters. The minimum atomic E-state index is -0.850. The van der Waals surface area contributed by atoms with Crippen molar-refractivity contribution in [2.45, 2.75) is 0 Å². The molecule has 1 aromatic carbocycles. The monoisotopic (exact) mass is 252 g/mol.